The zero-order valence-electron chi connectivity index (χ0n) is 8.34. The summed E-state index contributed by atoms with van der Waals surface area (Å²) >= 11 is 0. The topological polar surface area (TPSA) is 87.1 Å². The van der Waals surface area contributed by atoms with Crippen LogP contribution in [0, 0.1) is 5.41 Å². The smallest absolute Gasteiger partial charge is 0.408 e. The van der Waals surface area contributed by atoms with Crippen LogP contribution in [0.15, 0.2) is 0 Å². The van der Waals surface area contributed by atoms with Crippen LogP contribution in [0.2, 0.25) is 0 Å². The van der Waals surface area contributed by atoms with Crippen molar-refractivity contribution in [2.45, 2.75) is 24.9 Å². The van der Waals surface area contributed by atoms with Crippen LogP contribution in [-0.4, -0.2) is 53.0 Å². The molecule has 0 aromatic heterocycles. The minimum absolute atomic E-state index is 0.170. The van der Waals surface area contributed by atoms with Crippen molar-refractivity contribution in [3.05, 3.63) is 0 Å². The number of fused-ring (bicyclic) bond motifs is 1. The average molecular weight is 215 g/mol. The summed E-state index contributed by atoms with van der Waals surface area (Å²) in [6, 6.07) is -1.08. The molecule has 1 saturated heterocycles. The Bertz CT molecular complexity index is 318. The lowest BCUT2D eigenvalue weighted by atomic mass is 10.0. The van der Waals surface area contributed by atoms with Crippen LogP contribution in [0.5, 0.6) is 0 Å². The number of piperidine rings is 1. The number of ether oxygens (including phenoxy) is 1. The van der Waals surface area contributed by atoms with Gasteiger partial charge in [0.15, 0.2) is 0 Å². The van der Waals surface area contributed by atoms with Gasteiger partial charge in [0.1, 0.15) is 6.04 Å². The second-order valence-corrected chi connectivity index (χ2v) is 4.26. The number of methoxy groups -OCH3 is 1. The molecule has 6 nitrogen and oxygen atoms in total. The van der Waals surface area contributed by atoms with Gasteiger partial charge in [0, 0.05) is 18.6 Å². The maximum atomic E-state index is 10.9. The molecule has 2 fully saturated rings. The van der Waals surface area contributed by atoms with Crippen LogP contribution in [0.25, 0.3) is 0 Å². The van der Waals surface area contributed by atoms with Gasteiger partial charge in [-0.2, -0.15) is 0 Å². The van der Waals surface area contributed by atoms with Crippen LogP contribution < -0.4 is 0 Å². The van der Waals surface area contributed by atoms with Gasteiger partial charge in [-0.3, -0.25) is 4.90 Å². The lowest BCUT2D eigenvalue weighted by molar-refractivity contribution is -0.142. The van der Waals surface area contributed by atoms with Crippen molar-refractivity contribution in [1.29, 1.82) is 0 Å². The van der Waals surface area contributed by atoms with Crippen molar-refractivity contribution in [3.63, 3.8) is 0 Å². The minimum Gasteiger partial charge on any atom is -0.480 e. The molecule has 0 aromatic rings. The molecule has 1 aliphatic heterocycles. The number of rotatable bonds is 3. The molecule has 3 atom stereocenters. The average Bonchev–Trinajstić information content (AvgIpc) is 2.70. The highest BCUT2D eigenvalue weighted by Crippen LogP contribution is 2.59. The molecule has 0 radical (unpaired) electrons. The number of amides is 1. The predicted molar refractivity (Wildman–Crippen MR) is 48.6 cm³/mol. The Kier molecular flexibility index (Phi) is 2.11. The summed E-state index contributed by atoms with van der Waals surface area (Å²) < 4.78 is 5.01. The van der Waals surface area contributed by atoms with Gasteiger partial charge in [-0.25, -0.2) is 9.59 Å². The summed E-state index contributed by atoms with van der Waals surface area (Å²) in [5.41, 5.74) is -0.240. The molecule has 2 aliphatic rings. The van der Waals surface area contributed by atoms with E-state index in [1.54, 1.807) is 7.11 Å². The molecule has 0 spiro atoms. The SMILES string of the molecule is COC[C@@]12C[C@@H](C(=O)O)N(C(=O)O)[C@@H]1C2. The van der Waals surface area contributed by atoms with Crippen molar-refractivity contribution in [2.75, 3.05) is 13.7 Å². The van der Waals surface area contributed by atoms with E-state index in [1.165, 1.54) is 0 Å². The highest BCUT2D eigenvalue weighted by Gasteiger charge is 2.67. The molecule has 0 unspecified atom stereocenters. The number of carbonyl (C=O) groups is 2. The van der Waals surface area contributed by atoms with E-state index in [2.05, 4.69) is 0 Å². The number of hydrogen-bond acceptors (Lipinski definition) is 3. The first-order chi connectivity index (χ1) is 7.02. The van der Waals surface area contributed by atoms with E-state index in [0.717, 1.165) is 11.3 Å². The molecule has 0 aromatic carbocycles. The lowest BCUT2D eigenvalue weighted by Crippen LogP contribution is -2.42. The van der Waals surface area contributed by atoms with E-state index < -0.39 is 18.1 Å². The molecular weight excluding hydrogens is 202 g/mol. The van der Waals surface area contributed by atoms with Crippen LogP contribution in [0.1, 0.15) is 12.8 Å². The predicted octanol–water partition coefficient (Wildman–Crippen LogP) is 0.228. The molecule has 2 rings (SSSR count). The van der Waals surface area contributed by atoms with Gasteiger partial charge < -0.3 is 14.9 Å². The molecule has 0 bridgehead atoms. The van der Waals surface area contributed by atoms with Gasteiger partial charge in [-0.05, 0) is 12.8 Å². The summed E-state index contributed by atoms with van der Waals surface area (Å²) in [6.45, 7) is 0.436. The molecular formula is C9H13NO5. The fraction of sp³-hybridized carbons (Fsp3) is 0.778. The molecule has 15 heavy (non-hydrogen) atoms. The second kappa shape index (κ2) is 3.10. The van der Waals surface area contributed by atoms with Crippen molar-refractivity contribution in [3.8, 4) is 0 Å². The Balaban J connectivity index is 2.17. The first-order valence-corrected chi connectivity index (χ1v) is 4.75. The second-order valence-electron chi connectivity index (χ2n) is 4.26. The maximum Gasteiger partial charge on any atom is 0.408 e. The Hall–Kier alpha value is -1.30. The fourth-order valence-electron chi connectivity index (χ4n) is 2.61. The fourth-order valence-corrected chi connectivity index (χ4v) is 2.61. The van der Waals surface area contributed by atoms with Crippen LogP contribution in [-0.2, 0) is 9.53 Å². The van der Waals surface area contributed by atoms with Crippen molar-refractivity contribution < 1.29 is 24.5 Å². The highest BCUT2D eigenvalue weighted by atomic mass is 16.5. The Morgan fingerprint density at radius 1 is 1.47 bits per heavy atom. The van der Waals surface area contributed by atoms with E-state index in [1.807, 2.05) is 0 Å². The van der Waals surface area contributed by atoms with Crippen molar-refractivity contribution >= 4 is 12.1 Å². The Morgan fingerprint density at radius 2 is 2.13 bits per heavy atom. The maximum absolute atomic E-state index is 10.9. The van der Waals surface area contributed by atoms with E-state index in [-0.39, 0.29) is 11.5 Å². The lowest BCUT2D eigenvalue weighted by Gasteiger charge is -2.20. The largest absolute Gasteiger partial charge is 0.480 e. The first-order valence-electron chi connectivity index (χ1n) is 4.75. The van der Waals surface area contributed by atoms with Gasteiger partial charge in [-0.1, -0.05) is 0 Å². The number of carboxylic acid groups (broad SMARTS) is 2. The van der Waals surface area contributed by atoms with Gasteiger partial charge in [0.2, 0.25) is 0 Å². The van der Waals surface area contributed by atoms with Crippen LogP contribution in [0.4, 0.5) is 4.79 Å². The normalized spacial score (nSPS) is 37.5. The van der Waals surface area contributed by atoms with E-state index in [0.29, 0.717) is 13.0 Å². The molecule has 6 heteroatoms. The number of hydrogen-bond donors (Lipinski definition) is 2. The Morgan fingerprint density at radius 3 is 2.53 bits per heavy atom. The summed E-state index contributed by atoms with van der Waals surface area (Å²) in [4.78, 5) is 22.9. The third-order valence-corrected chi connectivity index (χ3v) is 3.36. The zero-order valence-corrected chi connectivity index (χ0v) is 8.34. The number of nitrogens with zero attached hydrogens (tertiary/aromatic N) is 1. The minimum atomic E-state index is -1.15. The quantitative estimate of drug-likeness (QED) is 0.703. The van der Waals surface area contributed by atoms with Crippen molar-refractivity contribution in [2.24, 2.45) is 5.41 Å². The summed E-state index contributed by atoms with van der Waals surface area (Å²) in [7, 11) is 1.54. The standard InChI is InChI=1S/C9H13NO5/c1-15-4-9-2-5(7(11)12)10(8(13)14)6(9)3-9/h5-6H,2-4H2,1H3,(H,11,12)(H,13,14)/t5-,6+,9-/m0/s1. The molecule has 1 amide bonds. The Labute approximate surface area is 86.4 Å². The molecule has 1 saturated carbocycles. The van der Waals surface area contributed by atoms with Gasteiger partial charge in [0.05, 0.1) is 6.61 Å². The molecule has 1 aliphatic carbocycles. The van der Waals surface area contributed by atoms with E-state index >= 15 is 0 Å². The summed E-state index contributed by atoms with van der Waals surface area (Å²) in [6.07, 6.45) is -0.0628. The monoisotopic (exact) mass is 215 g/mol. The van der Waals surface area contributed by atoms with Crippen LogP contribution >= 0.6 is 0 Å². The highest BCUT2D eigenvalue weighted by molar-refractivity contribution is 5.81. The van der Waals surface area contributed by atoms with Gasteiger partial charge >= 0.3 is 12.1 Å². The molecule has 84 valence electrons. The van der Waals surface area contributed by atoms with E-state index in [4.69, 9.17) is 14.9 Å². The molecule has 1 heterocycles. The zero-order chi connectivity index (χ0) is 11.2. The molecule has 2 N–H and O–H groups in total. The summed E-state index contributed by atoms with van der Waals surface area (Å²) in [5, 5.41) is 17.8. The van der Waals surface area contributed by atoms with E-state index in [9.17, 15) is 9.59 Å². The number of likely N-dealkylation sites (tertiary alicyclic amines) is 1. The number of aliphatic carboxylic acids is 1. The summed E-state index contributed by atoms with van der Waals surface area (Å²) in [5.74, 6) is -1.07. The van der Waals surface area contributed by atoms with Crippen molar-refractivity contribution in [1.82, 2.24) is 4.90 Å². The third-order valence-electron chi connectivity index (χ3n) is 3.36. The van der Waals surface area contributed by atoms with Gasteiger partial charge in [-0.15, -0.1) is 0 Å². The van der Waals surface area contributed by atoms with Gasteiger partial charge in [0.25, 0.3) is 0 Å². The third kappa shape index (κ3) is 1.36. The van der Waals surface area contributed by atoms with Crippen LogP contribution in [0.3, 0.4) is 0 Å². The number of carboxylic acids is 1. The first kappa shape index (κ1) is 10.2.